The van der Waals surface area contributed by atoms with Crippen molar-refractivity contribution in [2.24, 2.45) is 5.10 Å². The molecule has 0 aromatic heterocycles. The first-order chi connectivity index (χ1) is 13.6. The number of benzene rings is 2. The van der Waals surface area contributed by atoms with Crippen LogP contribution in [0.5, 0.6) is 5.75 Å². The molecule has 154 valence electrons. The van der Waals surface area contributed by atoms with E-state index in [-0.39, 0.29) is 10.6 Å². The minimum atomic E-state index is -3.87. The summed E-state index contributed by atoms with van der Waals surface area (Å²) in [5, 5.41) is 14.3. The molecule has 0 unspecified atom stereocenters. The highest BCUT2D eigenvalue weighted by Gasteiger charge is 2.23. The highest BCUT2D eigenvalue weighted by Crippen LogP contribution is 2.23. The lowest BCUT2D eigenvalue weighted by atomic mass is 10.2. The molecule has 0 bridgehead atoms. The zero-order valence-corrected chi connectivity index (χ0v) is 16.8. The van der Waals surface area contributed by atoms with Crippen LogP contribution in [0.4, 0.5) is 5.69 Å². The first-order valence-corrected chi connectivity index (χ1v) is 9.76. The van der Waals surface area contributed by atoms with Crippen molar-refractivity contribution >= 4 is 27.8 Å². The third-order valence-electron chi connectivity index (χ3n) is 3.95. The fraction of sp³-hybridized carbons (Fsp3) is 0.222. The predicted molar refractivity (Wildman–Crippen MR) is 106 cm³/mol. The molecule has 2 aromatic rings. The number of hydrazone groups is 1. The van der Waals surface area contributed by atoms with Gasteiger partial charge < -0.3 is 4.74 Å². The SMILES string of the molecule is COc1ccc(S(=O)(=O)N(C)CC(=O)N/N=C/c2ccc([N+](=O)[O-])cc2)cc1C. The maximum absolute atomic E-state index is 12.6. The lowest BCUT2D eigenvalue weighted by molar-refractivity contribution is -0.384. The number of aryl methyl sites for hydroxylation is 1. The highest BCUT2D eigenvalue weighted by molar-refractivity contribution is 7.89. The lowest BCUT2D eigenvalue weighted by Crippen LogP contribution is -2.36. The Balaban J connectivity index is 1.98. The molecule has 29 heavy (non-hydrogen) atoms. The number of nitrogens with zero attached hydrogens (tertiary/aromatic N) is 3. The van der Waals surface area contributed by atoms with Crippen molar-refractivity contribution in [1.82, 2.24) is 9.73 Å². The molecule has 2 rings (SSSR count). The van der Waals surface area contributed by atoms with Gasteiger partial charge in [-0.2, -0.15) is 9.41 Å². The lowest BCUT2D eigenvalue weighted by Gasteiger charge is -2.17. The highest BCUT2D eigenvalue weighted by atomic mass is 32.2. The number of sulfonamides is 1. The summed E-state index contributed by atoms with van der Waals surface area (Å²) in [4.78, 5) is 22.1. The zero-order chi connectivity index (χ0) is 21.6. The van der Waals surface area contributed by atoms with E-state index in [2.05, 4.69) is 10.5 Å². The van der Waals surface area contributed by atoms with Crippen LogP contribution in [0.25, 0.3) is 0 Å². The molecule has 10 nitrogen and oxygen atoms in total. The van der Waals surface area contributed by atoms with E-state index in [4.69, 9.17) is 4.74 Å². The summed E-state index contributed by atoms with van der Waals surface area (Å²) >= 11 is 0. The Labute approximate surface area is 168 Å². The van der Waals surface area contributed by atoms with Gasteiger partial charge in [0.15, 0.2) is 0 Å². The van der Waals surface area contributed by atoms with E-state index in [9.17, 15) is 23.3 Å². The second-order valence-electron chi connectivity index (χ2n) is 6.03. The number of hydrogen-bond acceptors (Lipinski definition) is 7. The largest absolute Gasteiger partial charge is 0.496 e. The Hall–Kier alpha value is -3.31. The second kappa shape index (κ2) is 9.26. The van der Waals surface area contributed by atoms with Gasteiger partial charge in [-0.05, 0) is 48.4 Å². The number of amides is 1. The molecule has 1 N–H and O–H groups in total. The summed E-state index contributed by atoms with van der Waals surface area (Å²) in [6.07, 6.45) is 1.29. The molecule has 0 saturated carbocycles. The average Bonchev–Trinajstić information content (AvgIpc) is 2.68. The van der Waals surface area contributed by atoms with Crippen molar-refractivity contribution in [3.63, 3.8) is 0 Å². The minimum Gasteiger partial charge on any atom is -0.496 e. The summed E-state index contributed by atoms with van der Waals surface area (Å²) in [5.74, 6) is -0.0793. The number of nitro groups is 1. The fourth-order valence-corrected chi connectivity index (χ4v) is 3.59. The van der Waals surface area contributed by atoms with E-state index < -0.39 is 27.4 Å². The van der Waals surface area contributed by atoms with E-state index >= 15 is 0 Å². The quantitative estimate of drug-likeness (QED) is 0.393. The van der Waals surface area contributed by atoms with E-state index in [0.29, 0.717) is 16.9 Å². The summed E-state index contributed by atoms with van der Waals surface area (Å²) in [7, 11) is -1.09. The number of rotatable bonds is 8. The van der Waals surface area contributed by atoms with Gasteiger partial charge in [-0.3, -0.25) is 14.9 Å². The Morgan fingerprint density at radius 1 is 1.28 bits per heavy atom. The van der Waals surface area contributed by atoms with Gasteiger partial charge in [-0.25, -0.2) is 13.8 Å². The smallest absolute Gasteiger partial charge is 0.269 e. The molecule has 0 spiro atoms. The number of hydrogen-bond donors (Lipinski definition) is 1. The number of methoxy groups -OCH3 is 1. The van der Waals surface area contributed by atoms with Crippen molar-refractivity contribution in [3.8, 4) is 5.75 Å². The van der Waals surface area contributed by atoms with E-state index in [1.165, 1.54) is 56.8 Å². The van der Waals surface area contributed by atoms with Gasteiger partial charge in [0.2, 0.25) is 10.0 Å². The van der Waals surface area contributed by atoms with Gasteiger partial charge in [0.05, 0.1) is 29.7 Å². The number of carbonyl (C=O) groups excluding carboxylic acids is 1. The summed E-state index contributed by atoms with van der Waals surface area (Å²) < 4.78 is 31.2. The summed E-state index contributed by atoms with van der Waals surface area (Å²) in [5.41, 5.74) is 3.34. The maximum atomic E-state index is 12.6. The summed E-state index contributed by atoms with van der Waals surface area (Å²) in [6, 6.07) is 9.97. The summed E-state index contributed by atoms with van der Waals surface area (Å²) in [6.45, 7) is 1.28. The molecule has 0 atom stereocenters. The average molecular weight is 420 g/mol. The van der Waals surface area contributed by atoms with Crippen LogP contribution in [0.3, 0.4) is 0 Å². The van der Waals surface area contributed by atoms with Crippen LogP contribution in [0, 0.1) is 17.0 Å². The van der Waals surface area contributed by atoms with Gasteiger partial charge in [-0.15, -0.1) is 0 Å². The second-order valence-corrected chi connectivity index (χ2v) is 8.08. The van der Waals surface area contributed by atoms with E-state index in [1.54, 1.807) is 13.0 Å². The van der Waals surface area contributed by atoms with Crippen molar-refractivity contribution in [3.05, 3.63) is 63.7 Å². The molecule has 0 radical (unpaired) electrons. The third-order valence-corrected chi connectivity index (χ3v) is 5.75. The maximum Gasteiger partial charge on any atom is 0.269 e. The number of nitrogens with one attached hydrogen (secondary N) is 1. The molecular formula is C18H20N4O6S. The molecule has 0 saturated heterocycles. The van der Waals surface area contributed by atoms with E-state index in [0.717, 1.165) is 4.31 Å². The van der Waals surface area contributed by atoms with Gasteiger partial charge in [-0.1, -0.05) is 0 Å². The zero-order valence-electron chi connectivity index (χ0n) is 16.0. The number of carbonyl (C=O) groups is 1. The number of likely N-dealkylation sites (N-methyl/N-ethyl adjacent to an activating group) is 1. The molecule has 1 amide bonds. The molecule has 0 heterocycles. The van der Waals surface area contributed by atoms with Crippen LogP contribution in [-0.4, -0.2) is 50.5 Å². The fourth-order valence-electron chi connectivity index (χ4n) is 2.37. The first kappa shape index (κ1) is 22.0. The number of ether oxygens (including phenoxy) is 1. The molecule has 0 aliphatic rings. The van der Waals surface area contributed by atoms with Crippen LogP contribution < -0.4 is 10.2 Å². The van der Waals surface area contributed by atoms with Gasteiger partial charge >= 0.3 is 0 Å². The van der Waals surface area contributed by atoms with Crippen molar-refractivity contribution in [1.29, 1.82) is 0 Å². The minimum absolute atomic E-state index is 0.0421. The molecule has 0 aliphatic carbocycles. The van der Waals surface area contributed by atoms with Crippen LogP contribution in [0.2, 0.25) is 0 Å². The topological polar surface area (TPSA) is 131 Å². The Morgan fingerprint density at radius 2 is 1.93 bits per heavy atom. The van der Waals surface area contributed by atoms with E-state index in [1.807, 2.05) is 0 Å². The first-order valence-electron chi connectivity index (χ1n) is 8.32. The Bertz CT molecular complexity index is 1030. The third kappa shape index (κ3) is 5.59. The normalized spacial score (nSPS) is 11.6. The Morgan fingerprint density at radius 3 is 2.48 bits per heavy atom. The number of nitro benzene ring substituents is 1. The number of non-ortho nitro benzene ring substituents is 1. The van der Waals surface area contributed by atoms with Gasteiger partial charge in [0.25, 0.3) is 11.6 Å². The van der Waals surface area contributed by atoms with Crippen molar-refractivity contribution < 1.29 is 22.9 Å². The predicted octanol–water partition coefficient (Wildman–Crippen LogP) is 1.68. The van der Waals surface area contributed by atoms with Crippen molar-refractivity contribution in [2.75, 3.05) is 20.7 Å². The van der Waals surface area contributed by atoms with Gasteiger partial charge in [0, 0.05) is 19.2 Å². The van der Waals surface area contributed by atoms with Crippen molar-refractivity contribution in [2.45, 2.75) is 11.8 Å². The van der Waals surface area contributed by atoms with Crippen LogP contribution in [-0.2, 0) is 14.8 Å². The monoisotopic (exact) mass is 420 g/mol. The molecule has 11 heteroatoms. The molecular weight excluding hydrogens is 400 g/mol. The standard InChI is InChI=1S/C18H20N4O6S/c1-13-10-16(8-9-17(13)28-3)29(26,27)21(2)12-18(23)20-19-11-14-4-6-15(7-5-14)22(24)25/h4-11H,12H2,1-3H3,(H,20,23)/b19-11+. The Kier molecular flexibility index (Phi) is 7.02. The molecule has 0 aliphatic heterocycles. The molecule has 0 fully saturated rings. The van der Waals surface area contributed by atoms with Gasteiger partial charge in [0.1, 0.15) is 5.75 Å². The van der Waals surface area contributed by atoms with Crippen LogP contribution in [0.1, 0.15) is 11.1 Å². The molecule has 2 aromatic carbocycles. The van der Waals surface area contributed by atoms with Crippen LogP contribution in [0.15, 0.2) is 52.5 Å². The van der Waals surface area contributed by atoms with Crippen LogP contribution >= 0.6 is 0 Å².